The number of thiazole rings is 1. The van der Waals surface area contributed by atoms with E-state index in [1.54, 1.807) is 4.90 Å². The molecule has 9 heteroatoms. The summed E-state index contributed by atoms with van der Waals surface area (Å²) in [4.78, 5) is 33.4. The summed E-state index contributed by atoms with van der Waals surface area (Å²) >= 11 is 7.82. The van der Waals surface area contributed by atoms with Gasteiger partial charge in [-0.05, 0) is 24.3 Å². The Morgan fingerprint density at radius 1 is 1.16 bits per heavy atom. The van der Waals surface area contributed by atoms with Crippen molar-refractivity contribution in [2.75, 3.05) is 44.4 Å². The molecule has 164 valence electrons. The lowest BCUT2D eigenvalue weighted by molar-refractivity contribution is -0.135. The van der Waals surface area contributed by atoms with Crippen molar-refractivity contribution in [3.63, 3.8) is 0 Å². The standard InChI is InChI=1S/C23H20ClN3O4S/c24-17-4-2-1-3-16(17)23-25-18(14-32-23)15-5-6-20-19(11-15)27(22(29)13-31-20)12-21(28)26-7-9-30-10-8-26/h1-6,11,14H,7-10,12-13H2. The Labute approximate surface area is 194 Å². The maximum Gasteiger partial charge on any atom is 0.265 e. The Morgan fingerprint density at radius 3 is 2.78 bits per heavy atom. The largest absolute Gasteiger partial charge is 0.482 e. The van der Waals surface area contributed by atoms with Crippen molar-refractivity contribution in [2.45, 2.75) is 0 Å². The summed E-state index contributed by atoms with van der Waals surface area (Å²) in [5, 5.41) is 3.41. The van der Waals surface area contributed by atoms with Crippen LogP contribution in [0.2, 0.25) is 5.02 Å². The van der Waals surface area contributed by atoms with Crippen LogP contribution < -0.4 is 9.64 Å². The van der Waals surface area contributed by atoms with Gasteiger partial charge in [0.25, 0.3) is 5.91 Å². The lowest BCUT2D eigenvalue weighted by Gasteiger charge is -2.32. The average Bonchev–Trinajstić information content (AvgIpc) is 3.31. The topological polar surface area (TPSA) is 72.0 Å². The Kier molecular flexibility index (Phi) is 5.82. The third-order valence-electron chi connectivity index (χ3n) is 5.46. The first-order chi connectivity index (χ1) is 15.6. The van der Waals surface area contributed by atoms with Gasteiger partial charge in [0, 0.05) is 29.6 Å². The van der Waals surface area contributed by atoms with Crippen molar-refractivity contribution < 1.29 is 19.1 Å². The second kappa shape index (κ2) is 8.90. The zero-order chi connectivity index (χ0) is 22.1. The van der Waals surface area contributed by atoms with E-state index in [4.69, 9.17) is 26.1 Å². The summed E-state index contributed by atoms with van der Waals surface area (Å²) < 4.78 is 10.9. The molecule has 1 aromatic heterocycles. The highest BCUT2D eigenvalue weighted by molar-refractivity contribution is 7.13. The third kappa shape index (κ3) is 4.09. The highest BCUT2D eigenvalue weighted by Crippen LogP contribution is 2.38. The number of rotatable bonds is 4. The van der Waals surface area contributed by atoms with Crippen molar-refractivity contribution in [1.82, 2.24) is 9.88 Å². The van der Waals surface area contributed by atoms with Crippen molar-refractivity contribution in [3.8, 4) is 27.6 Å². The molecule has 7 nitrogen and oxygen atoms in total. The Bertz CT molecular complexity index is 1180. The number of hydrogen-bond acceptors (Lipinski definition) is 6. The van der Waals surface area contributed by atoms with Crippen molar-refractivity contribution in [1.29, 1.82) is 0 Å². The van der Waals surface area contributed by atoms with Gasteiger partial charge in [-0.3, -0.25) is 14.5 Å². The SMILES string of the molecule is O=C(CN1C(=O)COc2ccc(-c3csc(-c4ccccc4Cl)n3)cc21)N1CCOCC1. The lowest BCUT2D eigenvalue weighted by Crippen LogP contribution is -2.49. The van der Waals surface area contributed by atoms with E-state index in [1.807, 2.05) is 47.8 Å². The molecule has 2 aliphatic heterocycles. The molecule has 1 fully saturated rings. The van der Waals surface area contributed by atoms with Crippen LogP contribution in [-0.4, -0.2) is 61.2 Å². The molecule has 3 aromatic rings. The first-order valence-electron chi connectivity index (χ1n) is 10.2. The average molecular weight is 470 g/mol. The number of carbonyl (C=O) groups is 2. The molecule has 0 atom stereocenters. The number of hydrogen-bond donors (Lipinski definition) is 0. The maximum atomic E-state index is 12.8. The molecule has 5 rings (SSSR count). The Balaban J connectivity index is 1.43. The fraction of sp³-hybridized carbons (Fsp3) is 0.261. The van der Waals surface area contributed by atoms with Gasteiger partial charge in [-0.15, -0.1) is 11.3 Å². The number of morpholine rings is 1. The van der Waals surface area contributed by atoms with Gasteiger partial charge < -0.3 is 14.4 Å². The van der Waals surface area contributed by atoms with E-state index in [0.29, 0.717) is 42.8 Å². The van der Waals surface area contributed by atoms with Crippen LogP contribution in [0.3, 0.4) is 0 Å². The number of halogens is 1. The van der Waals surface area contributed by atoms with E-state index >= 15 is 0 Å². The van der Waals surface area contributed by atoms with Crippen LogP contribution in [0.25, 0.3) is 21.8 Å². The zero-order valence-electron chi connectivity index (χ0n) is 17.1. The van der Waals surface area contributed by atoms with Gasteiger partial charge in [0.05, 0.1) is 29.6 Å². The van der Waals surface area contributed by atoms with E-state index < -0.39 is 0 Å². The fourth-order valence-corrected chi connectivity index (χ4v) is 4.90. The summed E-state index contributed by atoms with van der Waals surface area (Å²) in [5.41, 5.74) is 3.05. The smallest absolute Gasteiger partial charge is 0.265 e. The van der Waals surface area contributed by atoms with Gasteiger partial charge >= 0.3 is 0 Å². The van der Waals surface area contributed by atoms with E-state index in [2.05, 4.69) is 0 Å². The number of benzene rings is 2. The van der Waals surface area contributed by atoms with Crippen LogP contribution in [0.5, 0.6) is 5.75 Å². The molecule has 0 N–H and O–H groups in total. The highest BCUT2D eigenvalue weighted by atomic mass is 35.5. The number of aromatic nitrogens is 1. The van der Waals surface area contributed by atoms with E-state index in [0.717, 1.165) is 21.8 Å². The summed E-state index contributed by atoms with van der Waals surface area (Å²) in [7, 11) is 0. The van der Waals surface area contributed by atoms with Crippen LogP contribution in [0, 0.1) is 0 Å². The van der Waals surface area contributed by atoms with E-state index in [1.165, 1.54) is 16.2 Å². The van der Waals surface area contributed by atoms with Gasteiger partial charge in [-0.25, -0.2) is 4.98 Å². The van der Waals surface area contributed by atoms with Crippen molar-refractivity contribution in [2.24, 2.45) is 0 Å². The van der Waals surface area contributed by atoms with Crippen LogP contribution in [0.15, 0.2) is 47.8 Å². The summed E-state index contributed by atoms with van der Waals surface area (Å²) in [6, 6.07) is 13.2. The van der Waals surface area contributed by atoms with Gasteiger partial charge in [0.2, 0.25) is 5.91 Å². The predicted molar refractivity (Wildman–Crippen MR) is 123 cm³/mol. The number of amides is 2. The molecule has 0 spiro atoms. The Morgan fingerprint density at radius 2 is 1.97 bits per heavy atom. The Hall–Kier alpha value is -2.94. The lowest BCUT2D eigenvalue weighted by atomic mass is 10.1. The van der Waals surface area contributed by atoms with Crippen molar-refractivity contribution in [3.05, 3.63) is 52.9 Å². The number of carbonyl (C=O) groups excluding carboxylic acids is 2. The van der Waals surface area contributed by atoms with E-state index in [-0.39, 0.29) is 25.0 Å². The molecule has 0 saturated carbocycles. The maximum absolute atomic E-state index is 12.8. The van der Waals surface area contributed by atoms with Gasteiger partial charge in [-0.1, -0.05) is 29.8 Å². The molecule has 2 aromatic carbocycles. The van der Waals surface area contributed by atoms with Crippen LogP contribution in [-0.2, 0) is 14.3 Å². The zero-order valence-corrected chi connectivity index (χ0v) is 18.7. The number of anilines is 1. The minimum atomic E-state index is -0.244. The molecule has 2 aliphatic rings. The van der Waals surface area contributed by atoms with Gasteiger partial charge in [0.1, 0.15) is 17.3 Å². The van der Waals surface area contributed by atoms with Crippen LogP contribution in [0.4, 0.5) is 5.69 Å². The molecular formula is C23H20ClN3O4S. The first-order valence-corrected chi connectivity index (χ1v) is 11.5. The first kappa shape index (κ1) is 20.9. The number of ether oxygens (including phenoxy) is 2. The second-order valence-corrected chi connectivity index (χ2v) is 8.73. The third-order valence-corrected chi connectivity index (χ3v) is 6.67. The fourth-order valence-electron chi connectivity index (χ4n) is 3.75. The molecule has 0 aliphatic carbocycles. The van der Waals surface area contributed by atoms with E-state index in [9.17, 15) is 9.59 Å². The minimum absolute atomic E-state index is 0.0272. The quantitative estimate of drug-likeness (QED) is 0.582. The molecule has 1 saturated heterocycles. The number of fused-ring (bicyclic) bond motifs is 1. The monoisotopic (exact) mass is 469 g/mol. The molecule has 0 unspecified atom stereocenters. The van der Waals surface area contributed by atoms with Gasteiger partial charge in [0.15, 0.2) is 6.61 Å². The molecule has 3 heterocycles. The molecule has 0 radical (unpaired) electrons. The summed E-state index contributed by atoms with van der Waals surface area (Å²) in [6.07, 6.45) is 0. The highest BCUT2D eigenvalue weighted by Gasteiger charge is 2.30. The molecule has 0 bridgehead atoms. The van der Waals surface area contributed by atoms with Gasteiger partial charge in [-0.2, -0.15) is 0 Å². The minimum Gasteiger partial charge on any atom is -0.482 e. The molecular weight excluding hydrogens is 450 g/mol. The molecule has 2 amide bonds. The molecule has 32 heavy (non-hydrogen) atoms. The van der Waals surface area contributed by atoms with Crippen molar-refractivity contribution >= 4 is 40.4 Å². The second-order valence-electron chi connectivity index (χ2n) is 7.46. The summed E-state index contributed by atoms with van der Waals surface area (Å²) in [6.45, 7) is 1.99. The van der Waals surface area contributed by atoms with Crippen LogP contribution >= 0.6 is 22.9 Å². The van der Waals surface area contributed by atoms with Crippen LogP contribution in [0.1, 0.15) is 0 Å². The predicted octanol–water partition coefficient (Wildman–Crippen LogP) is 3.71. The number of nitrogens with zero attached hydrogens (tertiary/aromatic N) is 3. The summed E-state index contributed by atoms with van der Waals surface area (Å²) in [5.74, 6) is 0.227. The normalized spacial score (nSPS) is 16.0.